The van der Waals surface area contributed by atoms with Gasteiger partial charge < -0.3 is 10.8 Å². The summed E-state index contributed by atoms with van der Waals surface area (Å²) in [7, 11) is 0. The fourth-order valence-electron chi connectivity index (χ4n) is 1.65. The van der Waals surface area contributed by atoms with Crippen LogP contribution in [0.15, 0.2) is 12.1 Å². The first-order valence-corrected chi connectivity index (χ1v) is 3.95. The van der Waals surface area contributed by atoms with Gasteiger partial charge in [-0.1, -0.05) is 0 Å². The topological polar surface area (TPSA) is 46.2 Å². The minimum atomic E-state index is -0.553. The van der Waals surface area contributed by atoms with Crippen LogP contribution in [0.4, 0.5) is 4.39 Å². The number of aromatic hydroxyl groups is 1. The zero-order valence-electron chi connectivity index (χ0n) is 6.55. The predicted octanol–water partition coefficient (Wildman–Crippen LogP) is 1.48. The largest absolute Gasteiger partial charge is 0.505 e. The van der Waals surface area contributed by atoms with Crippen LogP contribution in [0.2, 0.25) is 0 Å². The average Bonchev–Trinajstić information content (AvgIpc) is 2.35. The second kappa shape index (κ2) is 2.45. The fraction of sp³-hybridized carbons (Fsp3) is 0.333. The normalized spacial score (nSPS) is 21.0. The Balaban J connectivity index is 2.56. The van der Waals surface area contributed by atoms with Gasteiger partial charge >= 0.3 is 0 Å². The molecule has 0 aliphatic heterocycles. The summed E-state index contributed by atoms with van der Waals surface area (Å²) in [6.07, 6.45) is 1.66. The molecule has 2 nitrogen and oxygen atoms in total. The number of phenolic OH excluding ortho intramolecular Hbond substituents is 1. The van der Waals surface area contributed by atoms with Gasteiger partial charge in [0, 0.05) is 6.04 Å². The lowest BCUT2D eigenvalue weighted by Gasteiger charge is -2.05. The Morgan fingerprint density at radius 1 is 1.50 bits per heavy atom. The number of benzene rings is 1. The number of halogens is 1. The molecule has 0 saturated heterocycles. The monoisotopic (exact) mass is 167 g/mol. The Kier molecular flexibility index (Phi) is 1.54. The smallest absolute Gasteiger partial charge is 0.165 e. The maximum absolute atomic E-state index is 12.8. The molecule has 0 amide bonds. The lowest BCUT2D eigenvalue weighted by Crippen LogP contribution is -2.05. The van der Waals surface area contributed by atoms with Crippen LogP contribution in [0.5, 0.6) is 5.75 Å². The van der Waals surface area contributed by atoms with E-state index in [4.69, 9.17) is 10.8 Å². The molecular formula is C9H10FNO. The van der Waals surface area contributed by atoms with E-state index >= 15 is 0 Å². The van der Waals surface area contributed by atoms with Crippen LogP contribution in [-0.2, 0) is 6.42 Å². The van der Waals surface area contributed by atoms with E-state index in [9.17, 15) is 4.39 Å². The second-order valence-corrected chi connectivity index (χ2v) is 3.15. The summed E-state index contributed by atoms with van der Waals surface area (Å²) in [4.78, 5) is 0. The van der Waals surface area contributed by atoms with Crippen molar-refractivity contribution < 1.29 is 9.50 Å². The van der Waals surface area contributed by atoms with Gasteiger partial charge in [0.25, 0.3) is 0 Å². The molecule has 12 heavy (non-hydrogen) atoms. The summed E-state index contributed by atoms with van der Waals surface area (Å²) in [6, 6.07) is 2.77. The SMILES string of the molecule is NC1CCc2cc(F)c(O)cc21. The summed E-state index contributed by atoms with van der Waals surface area (Å²) >= 11 is 0. The zero-order chi connectivity index (χ0) is 8.72. The Hall–Kier alpha value is -1.09. The summed E-state index contributed by atoms with van der Waals surface area (Å²) < 4.78 is 12.8. The van der Waals surface area contributed by atoms with Crippen LogP contribution in [0, 0.1) is 5.82 Å². The lowest BCUT2D eigenvalue weighted by molar-refractivity contribution is 0.431. The van der Waals surface area contributed by atoms with Crippen LogP contribution in [-0.4, -0.2) is 5.11 Å². The van der Waals surface area contributed by atoms with Crippen LogP contribution in [0.3, 0.4) is 0 Å². The quantitative estimate of drug-likeness (QED) is 0.614. The highest BCUT2D eigenvalue weighted by atomic mass is 19.1. The van der Waals surface area contributed by atoms with Crippen molar-refractivity contribution in [3.8, 4) is 5.75 Å². The van der Waals surface area contributed by atoms with Crippen molar-refractivity contribution in [2.45, 2.75) is 18.9 Å². The number of rotatable bonds is 0. The molecule has 1 aromatic carbocycles. The van der Waals surface area contributed by atoms with Gasteiger partial charge in [0.05, 0.1) is 0 Å². The van der Waals surface area contributed by atoms with E-state index in [1.807, 2.05) is 0 Å². The Morgan fingerprint density at radius 2 is 2.25 bits per heavy atom. The molecular weight excluding hydrogens is 157 g/mol. The maximum Gasteiger partial charge on any atom is 0.165 e. The first-order valence-electron chi connectivity index (χ1n) is 3.95. The summed E-state index contributed by atoms with van der Waals surface area (Å²) in [6.45, 7) is 0. The molecule has 3 N–H and O–H groups in total. The van der Waals surface area contributed by atoms with E-state index in [0.29, 0.717) is 0 Å². The van der Waals surface area contributed by atoms with E-state index in [2.05, 4.69) is 0 Å². The number of hydrogen-bond acceptors (Lipinski definition) is 2. The molecule has 1 aromatic rings. The summed E-state index contributed by atoms with van der Waals surface area (Å²) in [5, 5.41) is 9.07. The zero-order valence-corrected chi connectivity index (χ0v) is 6.55. The lowest BCUT2D eigenvalue weighted by atomic mass is 10.1. The van der Waals surface area contributed by atoms with E-state index < -0.39 is 5.82 Å². The van der Waals surface area contributed by atoms with Crippen molar-refractivity contribution in [1.29, 1.82) is 0 Å². The van der Waals surface area contributed by atoms with Gasteiger partial charge in [-0.3, -0.25) is 0 Å². The fourth-order valence-corrected chi connectivity index (χ4v) is 1.65. The molecule has 0 saturated carbocycles. The number of aryl methyl sites for hydroxylation is 1. The number of hydrogen-bond donors (Lipinski definition) is 2. The molecule has 3 heteroatoms. The van der Waals surface area contributed by atoms with E-state index in [0.717, 1.165) is 24.0 Å². The van der Waals surface area contributed by atoms with Gasteiger partial charge in [-0.05, 0) is 36.1 Å². The Morgan fingerprint density at radius 3 is 3.00 bits per heavy atom. The minimum absolute atomic E-state index is 0.0356. The molecule has 0 aromatic heterocycles. The maximum atomic E-state index is 12.8. The number of phenols is 1. The molecule has 0 fully saturated rings. The molecule has 0 radical (unpaired) electrons. The van der Waals surface area contributed by atoms with Crippen molar-refractivity contribution in [1.82, 2.24) is 0 Å². The Bertz CT molecular complexity index is 325. The third-order valence-electron chi connectivity index (χ3n) is 2.33. The van der Waals surface area contributed by atoms with Crippen molar-refractivity contribution >= 4 is 0 Å². The van der Waals surface area contributed by atoms with Gasteiger partial charge in [-0.25, -0.2) is 4.39 Å². The van der Waals surface area contributed by atoms with Crippen molar-refractivity contribution in [3.05, 3.63) is 29.1 Å². The van der Waals surface area contributed by atoms with Crippen LogP contribution in [0.25, 0.3) is 0 Å². The van der Waals surface area contributed by atoms with Gasteiger partial charge in [-0.2, -0.15) is 0 Å². The molecule has 2 rings (SSSR count). The van der Waals surface area contributed by atoms with E-state index in [-0.39, 0.29) is 11.8 Å². The third-order valence-corrected chi connectivity index (χ3v) is 2.33. The summed E-state index contributed by atoms with van der Waals surface area (Å²) in [5.74, 6) is -0.853. The molecule has 1 unspecified atom stereocenters. The minimum Gasteiger partial charge on any atom is -0.505 e. The molecule has 0 heterocycles. The van der Waals surface area contributed by atoms with Gasteiger partial charge in [-0.15, -0.1) is 0 Å². The molecule has 1 atom stereocenters. The third kappa shape index (κ3) is 0.975. The highest BCUT2D eigenvalue weighted by Crippen LogP contribution is 2.33. The van der Waals surface area contributed by atoms with Crippen molar-refractivity contribution in [2.75, 3.05) is 0 Å². The highest BCUT2D eigenvalue weighted by molar-refractivity contribution is 5.40. The second-order valence-electron chi connectivity index (χ2n) is 3.15. The van der Waals surface area contributed by atoms with Crippen LogP contribution < -0.4 is 5.73 Å². The van der Waals surface area contributed by atoms with Crippen LogP contribution in [0.1, 0.15) is 23.6 Å². The first kappa shape index (κ1) is 7.55. The average molecular weight is 167 g/mol. The standard InChI is InChI=1S/C9H10FNO/c10-7-3-5-1-2-8(11)6(5)4-9(7)12/h3-4,8,12H,1-2,11H2. The van der Waals surface area contributed by atoms with Crippen molar-refractivity contribution in [3.63, 3.8) is 0 Å². The Labute approximate surface area is 69.8 Å². The van der Waals surface area contributed by atoms with Gasteiger partial charge in [0.2, 0.25) is 0 Å². The predicted molar refractivity (Wildman–Crippen MR) is 43.3 cm³/mol. The van der Waals surface area contributed by atoms with E-state index in [1.54, 1.807) is 0 Å². The highest BCUT2D eigenvalue weighted by Gasteiger charge is 2.20. The molecule has 64 valence electrons. The van der Waals surface area contributed by atoms with Gasteiger partial charge in [0.1, 0.15) is 0 Å². The van der Waals surface area contributed by atoms with E-state index in [1.165, 1.54) is 12.1 Å². The number of nitrogens with two attached hydrogens (primary N) is 1. The molecule has 1 aliphatic carbocycles. The summed E-state index contributed by atoms with van der Waals surface area (Å²) in [5.41, 5.74) is 7.54. The molecule has 1 aliphatic rings. The van der Waals surface area contributed by atoms with Crippen LogP contribution >= 0.6 is 0 Å². The van der Waals surface area contributed by atoms with Crippen molar-refractivity contribution in [2.24, 2.45) is 5.73 Å². The molecule has 0 spiro atoms. The van der Waals surface area contributed by atoms with Gasteiger partial charge in [0.15, 0.2) is 11.6 Å². The first-order chi connectivity index (χ1) is 5.68. The molecule has 0 bridgehead atoms. The number of fused-ring (bicyclic) bond motifs is 1.